The molecule has 0 amide bonds. The summed E-state index contributed by atoms with van der Waals surface area (Å²) in [7, 11) is 0. The Kier molecular flexibility index (Phi) is 5.99. The van der Waals surface area contributed by atoms with Crippen molar-refractivity contribution in [3.8, 4) is 0 Å². The van der Waals surface area contributed by atoms with Crippen molar-refractivity contribution in [2.24, 2.45) is 0 Å². The van der Waals surface area contributed by atoms with Gasteiger partial charge in [0, 0.05) is 0 Å². The van der Waals surface area contributed by atoms with E-state index in [1.807, 2.05) is 0 Å². The van der Waals surface area contributed by atoms with Crippen molar-refractivity contribution in [2.75, 3.05) is 0 Å². The average molecular weight is 558 g/mol. The Morgan fingerprint density at radius 3 is 1.12 bits per heavy atom. The minimum atomic E-state index is -1.55. The molecule has 0 unspecified atom stereocenters. The van der Waals surface area contributed by atoms with Gasteiger partial charge in [0.25, 0.3) is 0 Å². The molecule has 24 heavy (non-hydrogen) atoms. The van der Waals surface area contributed by atoms with Gasteiger partial charge in [-0.25, -0.2) is 0 Å². The van der Waals surface area contributed by atoms with Gasteiger partial charge in [0.15, 0.2) is 0 Å². The predicted octanol–water partition coefficient (Wildman–Crippen LogP) is 2.26. The molecule has 0 saturated heterocycles. The van der Waals surface area contributed by atoms with Gasteiger partial charge < -0.3 is 0 Å². The van der Waals surface area contributed by atoms with E-state index in [1.165, 1.54) is 16.7 Å². The maximum absolute atomic E-state index is 2.72. The van der Waals surface area contributed by atoms with Crippen molar-refractivity contribution in [3.63, 3.8) is 0 Å². The Bertz CT molecular complexity index is 747. The number of benzene rings is 3. The molecule has 0 aliphatic heterocycles. The van der Waals surface area contributed by atoms with Gasteiger partial charge in [0.1, 0.15) is 0 Å². The van der Waals surface area contributed by atoms with E-state index in [4.69, 9.17) is 0 Å². The van der Waals surface area contributed by atoms with Crippen LogP contribution in [0.3, 0.4) is 0 Å². The van der Waals surface area contributed by atoms with Crippen LogP contribution in [0.15, 0.2) is 72.8 Å². The maximum atomic E-state index is 2.72. The predicted molar refractivity (Wildman–Crippen MR) is 113 cm³/mol. The van der Waals surface area contributed by atoms with E-state index >= 15 is 0 Å². The van der Waals surface area contributed by atoms with Crippen LogP contribution < -0.4 is 32.6 Å². The topological polar surface area (TPSA) is 0 Å². The normalized spacial score (nSPS) is 11.7. The van der Waals surface area contributed by atoms with Crippen molar-refractivity contribution in [2.45, 2.75) is 20.8 Å². The van der Waals surface area contributed by atoms with E-state index in [2.05, 4.69) is 112 Å². The zero-order chi connectivity index (χ0) is 17.2. The molecule has 0 fully saturated rings. The third kappa shape index (κ3) is 3.17. The van der Waals surface area contributed by atoms with Gasteiger partial charge >= 0.3 is 166 Å². The van der Waals surface area contributed by atoms with Crippen LogP contribution in [0.4, 0.5) is 0 Å². The van der Waals surface area contributed by atoms with E-state index in [-0.39, 0.29) is 16.7 Å². The van der Waals surface area contributed by atoms with Crippen LogP contribution in [-0.2, 0) is 0 Å². The van der Waals surface area contributed by atoms with Crippen LogP contribution in [0.25, 0.3) is 0 Å². The molecular formula is C21H21I2P. The van der Waals surface area contributed by atoms with E-state index in [0.29, 0.717) is 0 Å². The third-order valence-corrected chi connectivity index (χ3v) is 25.5. The van der Waals surface area contributed by atoms with Gasteiger partial charge in [-0.15, -0.1) is 0 Å². The van der Waals surface area contributed by atoms with Crippen molar-refractivity contribution < 1.29 is 16.7 Å². The Balaban J connectivity index is 2.43. The molecule has 0 nitrogen and oxygen atoms in total. The summed E-state index contributed by atoms with van der Waals surface area (Å²) in [4.78, 5) is -1.55. The number of halogens is 2. The standard InChI is InChI=1S/C21H21I2P/c1-16-10-4-7-13-19(16)24(23-22,20-14-8-5-11-17(20)2)21-15-9-6-12-18(21)3/h4-15H,1-3H3. The third-order valence-electron chi connectivity index (χ3n) is 4.44. The first-order chi connectivity index (χ1) is 11.6. The molecule has 0 aromatic heterocycles. The van der Waals surface area contributed by atoms with Gasteiger partial charge in [-0.3, -0.25) is 0 Å². The molecule has 3 rings (SSSR count). The first-order valence-corrected chi connectivity index (χ1v) is 18.8. The van der Waals surface area contributed by atoms with Crippen LogP contribution in [0.5, 0.6) is 0 Å². The molecule has 0 aliphatic carbocycles. The molecule has 0 bridgehead atoms. The second-order valence-electron chi connectivity index (χ2n) is 6.01. The molecule has 0 atom stereocenters. The van der Waals surface area contributed by atoms with E-state index in [0.717, 1.165) is 0 Å². The molecule has 0 saturated carbocycles. The van der Waals surface area contributed by atoms with Crippen molar-refractivity contribution in [1.29, 1.82) is 0 Å². The minimum absolute atomic E-state index is 0.0503. The van der Waals surface area contributed by atoms with Crippen molar-refractivity contribution in [1.82, 2.24) is 0 Å². The zero-order valence-electron chi connectivity index (χ0n) is 14.1. The van der Waals surface area contributed by atoms with Gasteiger partial charge in [-0.2, -0.15) is 0 Å². The monoisotopic (exact) mass is 558 g/mol. The SMILES string of the molecule is Cc1ccccc1[P+]([I-]I)(c1ccccc1C)c1ccccc1C. The Hall–Kier alpha value is -0.450. The summed E-state index contributed by atoms with van der Waals surface area (Å²) < 4.78 is 0. The molecule has 0 radical (unpaired) electrons. The van der Waals surface area contributed by atoms with E-state index < -0.39 is 4.90 Å². The Morgan fingerprint density at radius 1 is 0.583 bits per heavy atom. The van der Waals surface area contributed by atoms with Gasteiger partial charge in [0.2, 0.25) is 0 Å². The molecule has 0 aliphatic rings. The summed E-state index contributed by atoms with van der Waals surface area (Å²) in [6, 6.07) is 27.1. The molecule has 3 aromatic rings. The van der Waals surface area contributed by atoms with Crippen molar-refractivity contribution >= 4 is 39.4 Å². The summed E-state index contributed by atoms with van der Waals surface area (Å²) in [5.41, 5.74) is 4.27. The number of aryl methyl sites for hydroxylation is 3. The summed E-state index contributed by atoms with van der Waals surface area (Å²) in [5, 5.41) is 4.70. The van der Waals surface area contributed by atoms with Gasteiger partial charge in [-0.05, 0) is 0 Å². The van der Waals surface area contributed by atoms with E-state index in [1.54, 1.807) is 15.9 Å². The number of rotatable bonds is 4. The van der Waals surface area contributed by atoms with E-state index in [9.17, 15) is 0 Å². The second kappa shape index (κ2) is 7.84. The van der Waals surface area contributed by atoms with Crippen LogP contribution >= 0.6 is 23.5 Å². The fraction of sp³-hybridized carbons (Fsp3) is 0.143. The first kappa shape index (κ1) is 18.3. The van der Waals surface area contributed by atoms with Crippen molar-refractivity contribution in [3.05, 3.63) is 89.5 Å². The van der Waals surface area contributed by atoms with Crippen LogP contribution in [-0.4, -0.2) is 0 Å². The summed E-state index contributed by atoms with van der Waals surface area (Å²) in [6.45, 7) is 6.82. The molecule has 0 spiro atoms. The molecule has 3 aromatic carbocycles. The Morgan fingerprint density at radius 2 is 0.875 bits per heavy atom. The quantitative estimate of drug-likeness (QED) is 0.341. The fourth-order valence-electron chi connectivity index (χ4n) is 3.22. The summed E-state index contributed by atoms with van der Waals surface area (Å²) in [6.07, 6.45) is 0. The van der Waals surface area contributed by atoms with Gasteiger partial charge in [0.05, 0.1) is 0 Å². The second-order valence-corrected chi connectivity index (χ2v) is 21.5. The number of hydrogen-bond acceptors (Lipinski definition) is 0. The zero-order valence-corrected chi connectivity index (χ0v) is 19.3. The average Bonchev–Trinajstić information content (AvgIpc) is 2.60. The summed E-state index contributed by atoms with van der Waals surface area (Å²) >= 11 is 2.67. The number of hydrogen-bond donors (Lipinski definition) is 0. The molecular weight excluding hydrogens is 537 g/mol. The summed E-state index contributed by atoms with van der Waals surface area (Å²) in [5.74, 6) is 0. The van der Waals surface area contributed by atoms with Crippen LogP contribution in [0.1, 0.15) is 16.7 Å². The first-order valence-electron chi connectivity index (χ1n) is 7.96. The molecule has 0 heterocycles. The molecule has 3 heteroatoms. The van der Waals surface area contributed by atoms with Crippen LogP contribution in [0.2, 0.25) is 0 Å². The van der Waals surface area contributed by atoms with Gasteiger partial charge in [-0.1, -0.05) is 0 Å². The molecule has 124 valence electrons. The molecule has 0 N–H and O–H groups in total. The fourth-order valence-corrected chi connectivity index (χ4v) is 25.3. The van der Waals surface area contributed by atoms with Crippen LogP contribution in [0, 0.1) is 20.8 Å². The Labute approximate surface area is 165 Å².